The first-order valence-electron chi connectivity index (χ1n) is 9.33. The Labute approximate surface area is 175 Å². The highest BCUT2D eigenvalue weighted by molar-refractivity contribution is 7.26. The number of aromatic nitrogens is 3. The molecule has 0 spiro atoms. The van der Waals surface area contributed by atoms with Crippen LogP contribution in [0.4, 0.5) is 0 Å². The number of rotatable bonds is 2. The average molecular weight is 410 g/mol. The molecule has 0 bridgehead atoms. The molecule has 3 aromatic carbocycles. The summed E-state index contributed by atoms with van der Waals surface area (Å²) >= 11 is 3.43. The van der Waals surface area contributed by atoms with E-state index in [0.717, 1.165) is 27.9 Å². The van der Waals surface area contributed by atoms with Crippen molar-refractivity contribution in [3.8, 4) is 22.5 Å². The minimum atomic E-state index is 0.941. The lowest BCUT2D eigenvalue weighted by Gasteiger charge is -2.09. The molecule has 29 heavy (non-hydrogen) atoms. The van der Waals surface area contributed by atoms with Crippen molar-refractivity contribution < 1.29 is 0 Å². The molecule has 0 unspecified atom stereocenters. The fourth-order valence-corrected chi connectivity index (χ4v) is 5.69. The van der Waals surface area contributed by atoms with Gasteiger partial charge < -0.3 is 0 Å². The molecule has 0 aliphatic carbocycles. The summed E-state index contributed by atoms with van der Waals surface area (Å²) < 4.78 is 2.58. The van der Waals surface area contributed by atoms with Gasteiger partial charge in [0.1, 0.15) is 6.33 Å². The lowest BCUT2D eigenvalue weighted by Crippen LogP contribution is -1.91. The summed E-state index contributed by atoms with van der Waals surface area (Å²) in [6.07, 6.45) is 1.67. The zero-order valence-corrected chi connectivity index (χ0v) is 17.2. The molecule has 5 heteroatoms. The topological polar surface area (TPSA) is 38.7 Å². The standard InChI is InChI=1S/C24H15N3S2/c1-14-8-18-16-4-2-3-5-22(16)29-24(18)19(9-14)23-17-7-6-15(21-11-28-13-27-21)10-20(17)25-12-26-23/h2-13H,1H3. The summed E-state index contributed by atoms with van der Waals surface area (Å²) in [7, 11) is 0. The van der Waals surface area contributed by atoms with Gasteiger partial charge in [0.25, 0.3) is 0 Å². The van der Waals surface area contributed by atoms with Gasteiger partial charge in [0.2, 0.25) is 0 Å². The van der Waals surface area contributed by atoms with Crippen molar-refractivity contribution in [3.05, 3.63) is 77.4 Å². The number of hydrogen-bond acceptors (Lipinski definition) is 5. The van der Waals surface area contributed by atoms with Crippen molar-refractivity contribution in [2.45, 2.75) is 6.92 Å². The third-order valence-electron chi connectivity index (χ3n) is 5.24. The smallest absolute Gasteiger partial charge is 0.116 e. The Hall–Kier alpha value is -3.15. The molecule has 6 aromatic rings. The van der Waals surface area contributed by atoms with Crippen LogP contribution in [0.1, 0.15) is 5.56 Å². The third-order valence-corrected chi connectivity index (χ3v) is 7.05. The molecule has 0 aliphatic rings. The molecule has 3 aromatic heterocycles. The second-order valence-electron chi connectivity index (χ2n) is 7.12. The minimum absolute atomic E-state index is 0.941. The van der Waals surface area contributed by atoms with Crippen molar-refractivity contribution in [2.75, 3.05) is 0 Å². The van der Waals surface area contributed by atoms with Crippen LogP contribution in [0.3, 0.4) is 0 Å². The van der Waals surface area contributed by atoms with E-state index < -0.39 is 0 Å². The van der Waals surface area contributed by atoms with Crippen LogP contribution in [0.25, 0.3) is 53.6 Å². The van der Waals surface area contributed by atoms with Crippen LogP contribution in [0.5, 0.6) is 0 Å². The van der Waals surface area contributed by atoms with Gasteiger partial charge in [0.15, 0.2) is 0 Å². The van der Waals surface area contributed by atoms with Crippen LogP contribution in [-0.4, -0.2) is 15.0 Å². The van der Waals surface area contributed by atoms with Crippen molar-refractivity contribution in [1.29, 1.82) is 0 Å². The predicted molar refractivity (Wildman–Crippen MR) is 124 cm³/mol. The Morgan fingerprint density at radius 3 is 2.66 bits per heavy atom. The first kappa shape index (κ1) is 16.8. The number of nitrogens with zero attached hydrogens (tertiary/aromatic N) is 3. The zero-order valence-electron chi connectivity index (χ0n) is 15.6. The van der Waals surface area contributed by atoms with Crippen LogP contribution in [0, 0.1) is 6.92 Å². The molecule has 0 aliphatic heterocycles. The van der Waals surface area contributed by atoms with E-state index in [1.807, 2.05) is 16.8 Å². The monoisotopic (exact) mass is 409 g/mol. The van der Waals surface area contributed by atoms with E-state index in [1.165, 1.54) is 31.3 Å². The first-order valence-corrected chi connectivity index (χ1v) is 11.1. The van der Waals surface area contributed by atoms with E-state index in [9.17, 15) is 0 Å². The molecule has 3 heterocycles. The third kappa shape index (κ3) is 2.66. The highest BCUT2D eigenvalue weighted by Gasteiger charge is 2.15. The number of fused-ring (bicyclic) bond motifs is 4. The second-order valence-corrected chi connectivity index (χ2v) is 8.89. The van der Waals surface area contributed by atoms with E-state index in [1.54, 1.807) is 17.7 Å². The molecule has 0 N–H and O–H groups in total. The number of aryl methyl sites for hydroxylation is 1. The first-order chi connectivity index (χ1) is 14.3. The molecular formula is C24H15N3S2. The summed E-state index contributed by atoms with van der Waals surface area (Å²) in [6.45, 7) is 2.15. The second kappa shape index (κ2) is 6.44. The van der Waals surface area contributed by atoms with E-state index in [0.29, 0.717) is 0 Å². The van der Waals surface area contributed by atoms with Gasteiger partial charge in [-0.25, -0.2) is 15.0 Å². The largest absolute Gasteiger partial charge is 0.245 e. The highest BCUT2D eigenvalue weighted by atomic mass is 32.1. The summed E-state index contributed by atoms with van der Waals surface area (Å²) in [4.78, 5) is 13.7. The predicted octanol–water partition coefficient (Wildman–Crippen LogP) is 7.10. The van der Waals surface area contributed by atoms with Gasteiger partial charge in [-0.1, -0.05) is 24.3 Å². The molecule has 138 valence electrons. The lowest BCUT2D eigenvalue weighted by atomic mass is 10.00. The number of thiophene rings is 1. The molecule has 0 saturated carbocycles. The number of benzene rings is 3. The fraction of sp³-hybridized carbons (Fsp3) is 0.0417. The van der Waals surface area contributed by atoms with Crippen molar-refractivity contribution in [3.63, 3.8) is 0 Å². The SMILES string of the molecule is Cc1cc(-c2ncnc3cc(-c4cscn4)ccc23)c2sc3ccccc3c2c1. The van der Waals surface area contributed by atoms with Gasteiger partial charge in [-0.2, -0.15) is 0 Å². The van der Waals surface area contributed by atoms with Crippen LogP contribution < -0.4 is 0 Å². The molecular weight excluding hydrogens is 394 g/mol. The maximum Gasteiger partial charge on any atom is 0.116 e. The summed E-state index contributed by atoms with van der Waals surface area (Å²) in [5, 5.41) is 5.73. The Bertz CT molecular complexity index is 1510. The van der Waals surface area contributed by atoms with E-state index in [-0.39, 0.29) is 0 Å². The average Bonchev–Trinajstić information content (AvgIpc) is 3.41. The Morgan fingerprint density at radius 1 is 0.828 bits per heavy atom. The van der Waals surface area contributed by atoms with E-state index >= 15 is 0 Å². The Morgan fingerprint density at radius 2 is 1.76 bits per heavy atom. The van der Waals surface area contributed by atoms with E-state index in [4.69, 9.17) is 4.98 Å². The van der Waals surface area contributed by atoms with E-state index in [2.05, 4.69) is 76.9 Å². The molecule has 0 amide bonds. The zero-order chi connectivity index (χ0) is 19.4. The molecule has 3 nitrogen and oxygen atoms in total. The summed E-state index contributed by atoms with van der Waals surface area (Å²) in [5.41, 5.74) is 8.27. The van der Waals surface area contributed by atoms with Gasteiger partial charge in [-0.15, -0.1) is 22.7 Å². The van der Waals surface area contributed by atoms with Crippen LogP contribution in [0.15, 0.2) is 71.8 Å². The van der Waals surface area contributed by atoms with Crippen molar-refractivity contribution in [2.24, 2.45) is 0 Å². The molecule has 0 fully saturated rings. The normalized spacial score (nSPS) is 11.6. The van der Waals surface area contributed by atoms with Gasteiger partial charge in [-0.3, -0.25) is 0 Å². The molecule has 0 atom stereocenters. The maximum absolute atomic E-state index is 4.71. The number of thiazole rings is 1. The molecule has 0 saturated heterocycles. The molecule has 6 rings (SSSR count). The van der Waals surface area contributed by atoms with Gasteiger partial charge in [0.05, 0.1) is 22.4 Å². The minimum Gasteiger partial charge on any atom is -0.245 e. The summed E-state index contributed by atoms with van der Waals surface area (Å²) in [5.74, 6) is 0. The quantitative estimate of drug-likeness (QED) is 0.306. The Balaban J connectivity index is 1.65. The van der Waals surface area contributed by atoms with Crippen LogP contribution in [0.2, 0.25) is 0 Å². The van der Waals surface area contributed by atoms with Gasteiger partial charge >= 0.3 is 0 Å². The van der Waals surface area contributed by atoms with Crippen LogP contribution >= 0.6 is 22.7 Å². The van der Waals surface area contributed by atoms with Crippen LogP contribution in [-0.2, 0) is 0 Å². The van der Waals surface area contributed by atoms with Crippen molar-refractivity contribution >= 4 is 53.7 Å². The van der Waals surface area contributed by atoms with Gasteiger partial charge in [-0.05, 0) is 42.8 Å². The highest BCUT2D eigenvalue weighted by Crippen LogP contribution is 2.41. The summed E-state index contributed by atoms with van der Waals surface area (Å²) in [6, 6.07) is 19.5. The Kier molecular flexibility index (Phi) is 3.72. The maximum atomic E-state index is 4.71. The number of hydrogen-bond donors (Lipinski definition) is 0. The lowest BCUT2D eigenvalue weighted by molar-refractivity contribution is 1.23. The van der Waals surface area contributed by atoms with Gasteiger partial charge in [0, 0.05) is 42.1 Å². The van der Waals surface area contributed by atoms with Crippen molar-refractivity contribution in [1.82, 2.24) is 15.0 Å². The fourth-order valence-electron chi connectivity index (χ4n) is 3.93. The molecule has 0 radical (unpaired) electrons.